The summed E-state index contributed by atoms with van der Waals surface area (Å²) in [6.07, 6.45) is 5.43. The summed E-state index contributed by atoms with van der Waals surface area (Å²) in [7, 11) is 0. The zero-order valence-electron chi connectivity index (χ0n) is 16.0. The van der Waals surface area contributed by atoms with E-state index >= 15 is 0 Å². The van der Waals surface area contributed by atoms with Crippen molar-refractivity contribution in [3.05, 3.63) is 65.5 Å². The minimum absolute atomic E-state index is 0.135. The van der Waals surface area contributed by atoms with Crippen LogP contribution in [0.25, 0.3) is 0 Å². The van der Waals surface area contributed by atoms with Gasteiger partial charge in [-0.15, -0.1) is 0 Å². The van der Waals surface area contributed by atoms with Crippen molar-refractivity contribution in [2.24, 2.45) is 0 Å². The van der Waals surface area contributed by atoms with Crippen molar-refractivity contribution < 1.29 is 18.7 Å². The van der Waals surface area contributed by atoms with Crippen LogP contribution < -0.4 is 4.74 Å². The van der Waals surface area contributed by atoms with E-state index in [-0.39, 0.29) is 23.6 Å². The molecule has 148 valence electrons. The van der Waals surface area contributed by atoms with Gasteiger partial charge in [0.15, 0.2) is 0 Å². The highest BCUT2D eigenvalue weighted by molar-refractivity contribution is 5.94. The molecule has 4 rings (SSSR count). The van der Waals surface area contributed by atoms with Crippen LogP contribution in [0.5, 0.6) is 5.75 Å². The number of amides is 1. The lowest BCUT2D eigenvalue weighted by molar-refractivity contribution is -0.0110. The molecule has 28 heavy (non-hydrogen) atoms. The first-order valence-electron chi connectivity index (χ1n) is 10.1. The molecule has 1 amide bonds. The van der Waals surface area contributed by atoms with E-state index in [1.807, 2.05) is 24.3 Å². The SMILES string of the molecule is O=C(c1ccccc1F)N(Cc1cccc(OC[C@@H]2CCCCO2)c1)C1CC1. The van der Waals surface area contributed by atoms with Gasteiger partial charge in [0, 0.05) is 19.2 Å². The summed E-state index contributed by atoms with van der Waals surface area (Å²) in [5.74, 6) is 0.0611. The predicted octanol–water partition coefficient (Wildman–Crippen LogP) is 4.58. The van der Waals surface area contributed by atoms with Crippen LogP contribution in [-0.2, 0) is 11.3 Å². The van der Waals surface area contributed by atoms with E-state index in [2.05, 4.69) is 0 Å². The molecule has 0 N–H and O–H groups in total. The molecular weight excluding hydrogens is 357 g/mol. The molecule has 2 aliphatic rings. The Morgan fingerprint density at radius 1 is 1.11 bits per heavy atom. The molecular formula is C23H26FNO3. The van der Waals surface area contributed by atoms with E-state index in [9.17, 15) is 9.18 Å². The molecule has 1 saturated carbocycles. The van der Waals surface area contributed by atoms with Crippen LogP contribution in [0.4, 0.5) is 4.39 Å². The minimum atomic E-state index is -0.470. The number of carbonyl (C=O) groups is 1. The molecule has 0 radical (unpaired) electrons. The van der Waals surface area contributed by atoms with Gasteiger partial charge < -0.3 is 14.4 Å². The Kier molecular flexibility index (Phi) is 5.91. The van der Waals surface area contributed by atoms with E-state index in [1.165, 1.54) is 12.5 Å². The van der Waals surface area contributed by atoms with Crippen molar-refractivity contribution in [1.29, 1.82) is 0 Å². The molecule has 4 nitrogen and oxygen atoms in total. The summed E-state index contributed by atoms with van der Waals surface area (Å²) in [5.41, 5.74) is 1.12. The highest BCUT2D eigenvalue weighted by atomic mass is 19.1. The Hall–Kier alpha value is -2.40. The molecule has 2 aromatic rings. The van der Waals surface area contributed by atoms with Crippen molar-refractivity contribution in [3.63, 3.8) is 0 Å². The van der Waals surface area contributed by atoms with Gasteiger partial charge >= 0.3 is 0 Å². The smallest absolute Gasteiger partial charge is 0.257 e. The molecule has 0 unspecified atom stereocenters. The van der Waals surface area contributed by atoms with Crippen molar-refractivity contribution >= 4 is 5.91 Å². The van der Waals surface area contributed by atoms with Gasteiger partial charge in [-0.2, -0.15) is 0 Å². The zero-order valence-corrected chi connectivity index (χ0v) is 16.0. The fourth-order valence-corrected chi connectivity index (χ4v) is 3.60. The van der Waals surface area contributed by atoms with Gasteiger partial charge in [-0.1, -0.05) is 24.3 Å². The third-order valence-corrected chi connectivity index (χ3v) is 5.31. The summed E-state index contributed by atoms with van der Waals surface area (Å²) < 4.78 is 25.7. The number of rotatable bonds is 7. The summed E-state index contributed by atoms with van der Waals surface area (Å²) in [5, 5.41) is 0. The Morgan fingerprint density at radius 3 is 2.71 bits per heavy atom. The molecule has 1 heterocycles. The number of ether oxygens (including phenoxy) is 2. The second-order valence-corrected chi connectivity index (χ2v) is 7.59. The van der Waals surface area contributed by atoms with E-state index in [0.29, 0.717) is 13.2 Å². The lowest BCUT2D eigenvalue weighted by atomic mass is 10.1. The Labute approximate surface area is 165 Å². The number of hydrogen-bond donors (Lipinski definition) is 0. The van der Waals surface area contributed by atoms with Crippen molar-refractivity contribution in [3.8, 4) is 5.75 Å². The molecule has 2 fully saturated rings. The van der Waals surface area contributed by atoms with Crippen molar-refractivity contribution in [2.45, 2.75) is 50.8 Å². The normalized spacial score (nSPS) is 19.2. The van der Waals surface area contributed by atoms with Gasteiger partial charge in [0.2, 0.25) is 0 Å². The zero-order chi connectivity index (χ0) is 19.3. The average Bonchev–Trinajstić information content (AvgIpc) is 3.57. The predicted molar refractivity (Wildman–Crippen MR) is 105 cm³/mol. The molecule has 0 bridgehead atoms. The molecule has 1 aliphatic heterocycles. The number of nitrogens with zero attached hydrogens (tertiary/aromatic N) is 1. The number of benzene rings is 2. The second-order valence-electron chi connectivity index (χ2n) is 7.59. The summed E-state index contributed by atoms with van der Waals surface area (Å²) in [6.45, 7) is 1.81. The molecule has 1 atom stereocenters. The van der Waals surface area contributed by atoms with E-state index in [1.54, 1.807) is 23.1 Å². The van der Waals surface area contributed by atoms with Crippen LogP contribution in [0.3, 0.4) is 0 Å². The number of hydrogen-bond acceptors (Lipinski definition) is 3. The highest BCUT2D eigenvalue weighted by Gasteiger charge is 2.34. The van der Waals surface area contributed by atoms with Crippen LogP contribution >= 0.6 is 0 Å². The largest absolute Gasteiger partial charge is 0.491 e. The Morgan fingerprint density at radius 2 is 1.96 bits per heavy atom. The van der Waals surface area contributed by atoms with Gasteiger partial charge in [-0.25, -0.2) is 4.39 Å². The molecule has 2 aromatic carbocycles. The average molecular weight is 383 g/mol. The van der Waals surface area contributed by atoms with Gasteiger partial charge in [-0.05, 0) is 61.9 Å². The lowest BCUT2D eigenvalue weighted by Crippen LogP contribution is -2.33. The van der Waals surface area contributed by atoms with Crippen molar-refractivity contribution in [1.82, 2.24) is 4.90 Å². The van der Waals surface area contributed by atoms with Crippen LogP contribution in [0.15, 0.2) is 48.5 Å². The second kappa shape index (κ2) is 8.74. The minimum Gasteiger partial charge on any atom is -0.491 e. The van der Waals surface area contributed by atoms with Crippen LogP contribution in [-0.4, -0.2) is 36.2 Å². The molecule has 0 aromatic heterocycles. The topological polar surface area (TPSA) is 38.8 Å². The monoisotopic (exact) mass is 383 g/mol. The maximum atomic E-state index is 14.1. The Bertz CT molecular complexity index is 815. The Balaban J connectivity index is 1.43. The number of carbonyl (C=O) groups excluding carboxylic acids is 1. The first-order chi connectivity index (χ1) is 13.7. The maximum Gasteiger partial charge on any atom is 0.257 e. The van der Waals surface area contributed by atoms with Gasteiger partial charge in [0.05, 0.1) is 11.7 Å². The van der Waals surface area contributed by atoms with Crippen LogP contribution in [0, 0.1) is 5.82 Å². The van der Waals surface area contributed by atoms with Gasteiger partial charge in [0.1, 0.15) is 18.2 Å². The highest BCUT2D eigenvalue weighted by Crippen LogP contribution is 2.31. The summed E-state index contributed by atoms with van der Waals surface area (Å²) >= 11 is 0. The van der Waals surface area contributed by atoms with Gasteiger partial charge in [0.25, 0.3) is 5.91 Å². The number of halogens is 1. The maximum absolute atomic E-state index is 14.1. The van der Waals surface area contributed by atoms with E-state index < -0.39 is 5.82 Å². The van der Waals surface area contributed by atoms with E-state index in [4.69, 9.17) is 9.47 Å². The lowest BCUT2D eigenvalue weighted by Gasteiger charge is -2.24. The standard InChI is InChI=1S/C23H26FNO3/c24-22-10-2-1-9-21(22)23(26)25(18-11-12-18)15-17-6-5-8-19(14-17)28-16-20-7-3-4-13-27-20/h1-2,5-6,8-10,14,18,20H,3-4,7,11-13,15-16H2/t20-/m0/s1. The summed E-state index contributed by atoms with van der Waals surface area (Å²) in [4.78, 5) is 14.7. The third-order valence-electron chi connectivity index (χ3n) is 5.31. The van der Waals surface area contributed by atoms with E-state index in [0.717, 1.165) is 43.6 Å². The van der Waals surface area contributed by atoms with Gasteiger partial charge in [-0.3, -0.25) is 4.79 Å². The van der Waals surface area contributed by atoms with Crippen LogP contribution in [0.2, 0.25) is 0 Å². The fourth-order valence-electron chi connectivity index (χ4n) is 3.60. The first-order valence-corrected chi connectivity index (χ1v) is 10.1. The molecule has 1 saturated heterocycles. The first kappa shape index (κ1) is 18.9. The van der Waals surface area contributed by atoms with Crippen molar-refractivity contribution in [2.75, 3.05) is 13.2 Å². The fraction of sp³-hybridized carbons (Fsp3) is 0.435. The third kappa shape index (κ3) is 4.71. The quantitative estimate of drug-likeness (QED) is 0.703. The molecule has 5 heteroatoms. The molecule has 0 spiro atoms. The summed E-state index contributed by atoms with van der Waals surface area (Å²) in [6, 6.07) is 14.2. The molecule has 1 aliphatic carbocycles. The van der Waals surface area contributed by atoms with Crippen LogP contribution in [0.1, 0.15) is 48.0 Å².